The maximum absolute atomic E-state index is 13.4. The summed E-state index contributed by atoms with van der Waals surface area (Å²) in [4.78, 5) is 41.2. The number of carbonyl (C=O) groups excluding carboxylic acids is 1. The first-order chi connectivity index (χ1) is 17.1. The number of carbonyl (C=O) groups is 1. The van der Waals surface area contributed by atoms with Crippen LogP contribution in [0.5, 0.6) is 5.75 Å². The van der Waals surface area contributed by atoms with E-state index in [0.29, 0.717) is 27.6 Å². The average Bonchev–Trinajstić information content (AvgIpc) is 2.84. The van der Waals surface area contributed by atoms with Crippen molar-refractivity contribution < 1.29 is 19.2 Å². The molecule has 190 valence electrons. The molecule has 0 bridgehead atoms. The van der Waals surface area contributed by atoms with E-state index in [0.717, 1.165) is 10.7 Å². The number of nitro benzene ring substituents is 1. The largest absolute Gasteiger partial charge is 0.471 e. The number of rotatable bonds is 9. The van der Waals surface area contributed by atoms with Crippen molar-refractivity contribution in [3.63, 3.8) is 0 Å². The molecule has 0 N–H and O–H groups in total. The number of ether oxygens (including phenoxy) is 2. The summed E-state index contributed by atoms with van der Waals surface area (Å²) in [5.74, 6) is -0.615. The molecule has 0 radical (unpaired) electrons. The molecule has 1 aromatic heterocycles. The van der Waals surface area contributed by atoms with Crippen molar-refractivity contribution in [3.8, 4) is 5.75 Å². The fourth-order valence-corrected chi connectivity index (χ4v) is 3.93. The van der Waals surface area contributed by atoms with Crippen molar-refractivity contribution in [3.05, 3.63) is 71.7 Å². The topological polar surface area (TPSA) is 126 Å². The quantitative estimate of drug-likeness (QED) is 0.143. The predicted molar refractivity (Wildman–Crippen MR) is 140 cm³/mol. The Bertz CT molecular complexity index is 1410. The van der Waals surface area contributed by atoms with E-state index in [1.807, 2.05) is 13.8 Å². The SMILES string of the molecule is CCOC(=O)[C@@H](C)Oc1c(C=Nn2c([C@@H](C)CC)nc3ccc(Br)cc3c2=O)cc(Cl)cc1[N+](=O)[O-]. The average molecular weight is 580 g/mol. The molecule has 0 aliphatic rings. The molecular weight excluding hydrogens is 556 g/mol. The lowest BCUT2D eigenvalue weighted by Crippen LogP contribution is -2.27. The van der Waals surface area contributed by atoms with E-state index in [2.05, 4.69) is 26.0 Å². The van der Waals surface area contributed by atoms with Crippen molar-refractivity contribution in [2.75, 3.05) is 6.61 Å². The van der Waals surface area contributed by atoms with E-state index in [4.69, 9.17) is 21.1 Å². The van der Waals surface area contributed by atoms with E-state index < -0.39 is 28.2 Å². The monoisotopic (exact) mass is 578 g/mol. The second-order valence-electron chi connectivity index (χ2n) is 7.91. The van der Waals surface area contributed by atoms with Gasteiger partial charge >= 0.3 is 11.7 Å². The van der Waals surface area contributed by atoms with Crippen LogP contribution in [0.15, 0.2) is 44.7 Å². The molecule has 0 saturated carbocycles. The Morgan fingerprint density at radius 3 is 2.67 bits per heavy atom. The number of esters is 1. The summed E-state index contributed by atoms with van der Waals surface area (Å²) < 4.78 is 12.4. The number of halogens is 2. The number of benzene rings is 2. The normalized spacial score (nSPS) is 13.1. The Labute approximate surface area is 220 Å². The van der Waals surface area contributed by atoms with Gasteiger partial charge in [-0.2, -0.15) is 9.78 Å². The van der Waals surface area contributed by atoms with Gasteiger partial charge < -0.3 is 9.47 Å². The van der Waals surface area contributed by atoms with E-state index in [-0.39, 0.29) is 28.9 Å². The summed E-state index contributed by atoms with van der Waals surface area (Å²) >= 11 is 9.49. The molecule has 0 saturated heterocycles. The van der Waals surface area contributed by atoms with Gasteiger partial charge in [0, 0.05) is 27.0 Å². The fraction of sp³-hybridized carbons (Fsp3) is 0.333. The summed E-state index contributed by atoms with van der Waals surface area (Å²) in [6, 6.07) is 7.69. The van der Waals surface area contributed by atoms with Crippen LogP contribution in [0.2, 0.25) is 5.02 Å². The minimum atomic E-state index is -1.14. The minimum absolute atomic E-state index is 0.0503. The summed E-state index contributed by atoms with van der Waals surface area (Å²) in [6.45, 7) is 7.04. The molecule has 0 fully saturated rings. The minimum Gasteiger partial charge on any atom is -0.471 e. The fourth-order valence-electron chi connectivity index (χ4n) is 3.34. The van der Waals surface area contributed by atoms with Gasteiger partial charge in [-0.15, -0.1) is 0 Å². The zero-order valence-electron chi connectivity index (χ0n) is 20.0. The second kappa shape index (κ2) is 11.6. The first-order valence-corrected chi connectivity index (χ1v) is 12.3. The van der Waals surface area contributed by atoms with Gasteiger partial charge in [0.2, 0.25) is 5.75 Å². The molecule has 0 spiro atoms. The maximum Gasteiger partial charge on any atom is 0.347 e. The molecule has 0 aliphatic carbocycles. The summed E-state index contributed by atoms with van der Waals surface area (Å²) in [5, 5.41) is 16.5. The molecule has 0 aliphatic heterocycles. The zero-order chi connectivity index (χ0) is 26.6. The molecule has 2 atom stereocenters. The highest BCUT2D eigenvalue weighted by atomic mass is 79.9. The van der Waals surface area contributed by atoms with Crippen LogP contribution in [0.1, 0.15) is 51.4 Å². The van der Waals surface area contributed by atoms with E-state index in [9.17, 15) is 19.7 Å². The van der Waals surface area contributed by atoms with Gasteiger partial charge in [0.25, 0.3) is 5.56 Å². The molecule has 0 amide bonds. The van der Waals surface area contributed by atoms with Crippen molar-refractivity contribution in [2.24, 2.45) is 5.10 Å². The highest BCUT2D eigenvalue weighted by Gasteiger charge is 2.26. The summed E-state index contributed by atoms with van der Waals surface area (Å²) in [5.41, 5.74) is -0.251. The van der Waals surface area contributed by atoms with E-state index in [1.54, 1.807) is 25.1 Å². The van der Waals surface area contributed by atoms with Crippen molar-refractivity contribution in [1.29, 1.82) is 0 Å². The molecule has 3 rings (SSSR count). The van der Waals surface area contributed by atoms with Crippen molar-refractivity contribution >= 4 is 56.3 Å². The third-order valence-electron chi connectivity index (χ3n) is 5.37. The first kappa shape index (κ1) is 27.3. The maximum atomic E-state index is 13.4. The third-order valence-corrected chi connectivity index (χ3v) is 6.08. The zero-order valence-corrected chi connectivity index (χ0v) is 22.4. The van der Waals surface area contributed by atoms with Gasteiger partial charge in [-0.25, -0.2) is 9.78 Å². The second-order valence-corrected chi connectivity index (χ2v) is 9.27. The lowest BCUT2D eigenvalue weighted by atomic mass is 10.1. The number of nitrogens with zero attached hydrogens (tertiary/aromatic N) is 4. The Morgan fingerprint density at radius 1 is 1.31 bits per heavy atom. The van der Waals surface area contributed by atoms with Gasteiger partial charge in [-0.3, -0.25) is 14.9 Å². The molecule has 10 nitrogen and oxygen atoms in total. The van der Waals surface area contributed by atoms with Gasteiger partial charge in [0.15, 0.2) is 6.10 Å². The van der Waals surface area contributed by atoms with Gasteiger partial charge in [-0.1, -0.05) is 41.4 Å². The molecule has 2 aromatic carbocycles. The molecule has 0 unspecified atom stereocenters. The van der Waals surface area contributed by atoms with Crippen molar-refractivity contribution in [2.45, 2.75) is 46.1 Å². The van der Waals surface area contributed by atoms with Crippen molar-refractivity contribution in [1.82, 2.24) is 9.66 Å². The van der Waals surface area contributed by atoms with Gasteiger partial charge in [0.1, 0.15) is 5.82 Å². The lowest BCUT2D eigenvalue weighted by Gasteiger charge is -2.16. The number of fused-ring (bicyclic) bond motifs is 1. The first-order valence-electron chi connectivity index (χ1n) is 11.1. The van der Waals surface area contributed by atoms with Crippen LogP contribution in [-0.4, -0.2) is 39.5 Å². The smallest absolute Gasteiger partial charge is 0.347 e. The molecule has 36 heavy (non-hydrogen) atoms. The van der Waals surface area contributed by atoms with Gasteiger partial charge in [-0.05, 0) is 44.5 Å². The highest BCUT2D eigenvalue weighted by molar-refractivity contribution is 9.10. The van der Waals surface area contributed by atoms with Crippen LogP contribution < -0.4 is 10.3 Å². The van der Waals surface area contributed by atoms with Crippen LogP contribution in [0.4, 0.5) is 5.69 Å². The summed E-state index contributed by atoms with van der Waals surface area (Å²) in [7, 11) is 0. The highest BCUT2D eigenvalue weighted by Crippen LogP contribution is 2.34. The number of aromatic nitrogens is 2. The number of hydrogen-bond donors (Lipinski definition) is 0. The molecular formula is C24H24BrClN4O6. The molecule has 3 aromatic rings. The Hall–Kier alpha value is -3.31. The van der Waals surface area contributed by atoms with Crippen LogP contribution >= 0.6 is 27.5 Å². The van der Waals surface area contributed by atoms with Gasteiger partial charge in [0.05, 0.1) is 28.6 Å². The standard InChI is InChI=1S/C24H24BrClN4O6/c1-5-13(3)22-28-19-8-7-16(25)10-18(19)23(31)29(22)27-12-15-9-17(26)11-20(30(33)34)21(15)36-14(4)24(32)35-6-2/h7-14H,5-6H2,1-4H3/t13-,14+/m0/s1. The van der Waals surface area contributed by atoms with Crippen LogP contribution in [0.3, 0.4) is 0 Å². The van der Waals surface area contributed by atoms with E-state index in [1.165, 1.54) is 19.2 Å². The summed E-state index contributed by atoms with van der Waals surface area (Å²) in [6.07, 6.45) is 0.776. The molecule has 1 heterocycles. The Morgan fingerprint density at radius 2 is 2.03 bits per heavy atom. The van der Waals surface area contributed by atoms with Crippen LogP contribution in [0, 0.1) is 10.1 Å². The lowest BCUT2D eigenvalue weighted by molar-refractivity contribution is -0.386. The van der Waals surface area contributed by atoms with Crippen LogP contribution in [0.25, 0.3) is 10.9 Å². The Kier molecular flexibility index (Phi) is 8.80. The van der Waals surface area contributed by atoms with E-state index >= 15 is 0 Å². The molecule has 12 heteroatoms. The number of hydrogen-bond acceptors (Lipinski definition) is 8. The van der Waals surface area contributed by atoms with Crippen LogP contribution in [-0.2, 0) is 9.53 Å². The Balaban J connectivity index is 2.20. The predicted octanol–water partition coefficient (Wildman–Crippen LogP) is 5.45. The third kappa shape index (κ3) is 5.90. The number of nitro groups is 1.